The summed E-state index contributed by atoms with van der Waals surface area (Å²) in [4.78, 5) is 7.26. The van der Waals surface area contributed by atoms with Gasteiger partial charge >= 0.3 is 0 Å². The number of ether oxygens (including phenoxy) is 2. The maximum atomic E-state index is 12.9. The summed E-state index contributed by atoms with van der Waals surface area (Å²) in [5, 5.41) is 3.47. The van der Waals surface area contributed by atoms with E-state index < -0.39 is 10.0 Å². The summed E-state index contributed by atoms with van der Waals surface area (Å²) in [7, 11) is -0.284. The number of piperazine rings is 1. The fraction of sp³-hybridized carbons (Fsp3) is 0.318. The van der Waals surface area contributed by atoms with E-state index in [0.717, 1.165) is 16.3 Å². The molecule has 2 aromatic carbocycles. The fourth-order valence-corrected chi connectivity index (χ4v) is 5.95. The van der Waals surface area contributed by atoms with Gasteiger partial charge in [0, 0.05) is 48.7 Å². The number of aromatic nitrogens is 1. The predicted molar refractivity (Wildman–Crippen MR) is 126 cm³/mol. The Labute approximate surface area is 197 Å². The highest BCUT2D eigenvalue weighted by Gasteiger charge is 2.28. The molecule has 1 saturated heterocycles. The van der Waals surface area contributed by atoms with Gasteiger partial charge in [-0.3, -0.25) is 4.90 Å². The molecule has 1 fully saturated rings. The number of methoxy groups -OCH3 is 2. The van der Waals surface area contributed by atoms with Crippen LogP contribution in [0.5, 0.6) is 11.5 Å². The first kappa shape index (κ1) is 23.0. The first-order valence-corrected chi connectivity index (χ1v) is 12.8. The van der Waals surface area contributed by atoms with Crippen molar-refractivity contribution in [3.63, 3.8) is 0 Å². The van der Waals surface area contributed by atoms with Crippen molar-refractivity contribution in [2.45, 2.75) is 11.4 Å². The summed E-state index contributed by atoms with van der Waals surface area (Å²) in [5.41, 5.74) is 1.94. The molecule has 0 amide bonds. The summed E-state index contributed by atoms with van der Waals surface area (Å²) in [6.45, 7) is 2.86. The Morgan fingerprint density at radius 2 is 1.69 bits per heavy atom. The second-order valence-electron chi connectivity index (χ2n) is 7.35. The second-order valence-corrected chi connectivity index (χ2v) is 10.6. The van der Waals surface area contributed by atoms with Crippen molar-refractivity contribution < 1.29 is 17.9 Å². The van der Waals surface area contributed by atoms with Crippen LogP contribution in [0.3, 0.4) is 0 Å². The maximum absolute atomic E-state index is 12.9. The molecule has 0 N–H and O–H groups in total. The minimum atomic E-state index is -3.51. The highest BCUT2D eigenvalue weighted by atomic mass is 35.5. The van der Waals surface area contributed by atoms with E-state index in [-0.39, 0.29) is 4.90 Å². The molecule has 7 nitrogen and oxygen atoms in total. The van der Waals surface area contributed by atoms with Gasteiger partial charge in [0.1, 0.15) is 5.01 Å². The number of sulfonamides is 1. The van der Waals surface area contributed by atoms with Crippen molar-refractivity contribution in [3.05, 3.63) is 58.6 Å². The molecule has 10 heteroatoms. The minimum Gasteiger partial charge on any atom is -0.493 e. The molecule has 1 aromatic heterocycles. The number of hydrogen-bond acceptors (Lipinski definition) is 7. The van der Waals surface area contributed by atoms with E-state index in [4.69, 9.17) is 26.1 Å². The number of halogens is 1. The molecule has 3 aromatic rings. The van der Waals surface area contributed by atoms with Gasteiger partial charge in [0.15, 0.2) is 11.5 Å². The lowest BCUT2D eigenvalue weighted by molar-refractivity contribution is 0.180. The number of benzene rings is 2. The van der Waals surface area contributed by atoms with Gasteiger partial charge < -0.3 is 9.47 Å². The zero-order valence-corrected chi connectivity index (χ0v) is 20.2. The lowest BCUT2D eigenvalue weighted by Gasteiger charge is -2.33. The molecule has 0 bridgehead atoms. The molecule has 0 aliphatic carbocycles. The molecule has 1 aliphatic rings. The van der Waals surface area contributed by atoms with E-state index in [0.29, 0.717) is 49.2 Å². The molecule has 1 aliphatic heterocycles. The lowest BCUT2D eigenvalue weighted by atomic mass is 10.2. The van der Waals surface area contributed by atoms with Gasteiger partial charge in [-0.25, -0.2) is 13.4 Å². The minimum absolute atomic E-state index is 0.273. The Morgan fingerprint density at radius 1 is 1.00 bits per heavy atom. The summed E-state index contributed by atoms with van der Waals surface area (Å²) < 4.78 is 37.9. The van der Waals surface area contributed by atoms with Crippen LogP contribution in [-0.2, 0) is 16.6 Å². The Bertz CT molecular complexity index is 1170. The number of hydrogen-bond donors (Lipinski definition) is 0. The zero-order chi connectivity index (χ0) is 22.7. The number of nitrogens with zero attached hydrogens (tertiary/aromatic N) is 3. The third-order valence-electron chi connectivity index (χ3n) is 5.35. The third-order valence-corrected chi connectivity index (χ3v) is 8.46. The average Bonchev–Trinajstić information content (AvgIpc) is 3.27. The largest absolute Gasteiger partial charge is 0.493 e. The monoisotopic (exact) mass is 493 g/mol. The Hall–Kier alpha value is -2.17. The SMILES string of the molecule is COc1ccc(-c2nc(CN3CCN(S(=O)(=O)c4ccc(Cl)cc4)CC3)cs2)cc1OC. The summed E-state index contributed by atoms with van der Waals surface area (Å²) >= 11 is 7.46. The van der Waals surface area contributed by atoms with Gasteiger partial charge in [0.25, 0.3) is 0 Å². The quantitative estimate of drug-likeness (QED) is 0.495. The number of rotatable bonds is 7. The van der Waals surface area contributed by atoms with Crippen molar-refractivity contribution >= 4 is 33.0 Å². The third kappa shape index (κ3) is 4.92. The van der Waals surface area contributed by atoms with Crippen molar-refractivity contribution in [2.75, 3.05) is 40.4 Å². The highest BCUT2D eigenvalue weighted by molar-refractivity contribution is 7.89. The summed E-state index contributed by atoms with van der Waals surface area (Å²) in [5.74, 6) is 1.35. The molecule has 32 heavy (non-hydrogen) atoms. The van der Waals surface area contributed by atoms with Gasteiger partial charge in [-0.05, 0) is 42.5 Å². The maximum Gasteiger partial charge on any atom is 0.243 e. The normalized spacial score (nSPS) is 15.6. The Morgan fingerprint density at radius 3 is 2.34 bits per heavy atom. The molecule has 170 valence electrons. The van der Waals surface area contributed by atoms with Gasteiger partial charge in [0.05, 0.1) is 24.8 Å². The zero-order valence-electron chi connectivity index (χ0n) is 17.8. The van der Waals surface area contributed by atoms with Crippen molar-refractivity contribution in [1.29, 1.82) is 0 Å². The molecule has 0 unspecified atom stereocenters. The van der Waals surface area contributed by atoms with Crippen LogP contribution in [-0.4, -0.2) is 63.0 Å². The van der Waals surface area contributed by atoms with E-state index in [9.17, 15) is 8.42 Å². The summed E-state index contributed by atoms with van der Waals surface area (Å²) in [6.07, 6.45) is 0. The van der Waals surface area contributed by atoms with Crippen LogP contribution in [0, 0.1) is 0 Å². The van der Waals surface area contributed by atoms with Crippen molar-refractivity contribution in [3.8, 4) is 22.1 Å². The second kappa shape index (κ2) is 9.76. The van der Waals surface area contributed by atoms with Gasteiger partial charge in [0.2, 0.25) is 10.0 Å². The van der Waals surface area contributed by atoms with Crippen LogP contribution in [0.4, 0.5) is 0 Å². The first-order chi connectivity index (χ1) is 15.4. The molecule has 0 atom stereocenters. The summed E-state index contributed by atoms with van der Waals surface area (Å²) in [6, 6.07) is 12.1. The smallest absolute Gasteiger partial charge is 0.243 e. The topological polar surface area (TPSA) is 72.0 Å². The fourth-order valence-electron chi connectivity index (χ4n) is 3.59. The molecule has 0 radical (unpaired) electrons. The average molecular weight is 494 g/mol. The van der Waals surface area contributed by atoms with E-state index in [2.05, 4.69) is 4.90 Å². The standard InChI is InChI=1S/C22H24ClN3O4S2/c1-29-20-8-3-16(13-21(20)30-2)22-24-18(15-31-22)14-25-9-11-26(12-10-25)32(27,28)19-6-4-17(23)5-7-19/h3-8,13,15H,9-12,14H2,1-2H3. The molecular weight excluding hydrogens is 470 g/mol. The molecule has 2 heterocycles. The van der Waals surface area contributed by atoms with E-state index >= 15 is 0 Å². The number of thiazole rings is 1. The van der Waals surface area contributed by atoms with Crippen molar-refractivity contribution in [2.24, 2.45) is 0 Å². The Balaban J connectivity index is 1.38. The van der Waals surface area contributed by atoms with Crippen molar-refractivity contribution in [1.82, 2.24) is 14.2 Å². The van der Waals surface area contributed by atoms with Crippen LogP contribution in [0.15, 0.2) is 52.7 Å². The lowest BCUT2D eigenvalue weighted by Crippen LogP contribution is -2.48. The van der Waals surface area contributed by atoms with Gasteiger partial charge in [-0.15, -0.1) is 11.3 Å². The van der Waals surface area contributed by atoms with E-state index in [1.165, 1.54) is 4.31 Å². The molecule has 4 rings (SSSR count). The van der Waals surface area contributed by atoms with Gasteiger partial charge in [-0.2, -0.15) is 4.31 Å². The van der Waals surface area contributed by atoms with Crippen LogP contribution in [0.2, 0.25) is 5.02 Å². The first-order valence-electron chi connectivity index (χ1n) is 10.1. The molecule has 0 spiro atoms. The highest BCUT2D eigenvalue weighted by Crippen LogP contribution is 2.33. The van der Waals surface area contributed by atoms with E-state index in [1.807, 2.05) is 23.6 Å². The van der Waals surface area contributed by atoms with Crippen LogP contribution in [0.1, 0.15) is 5.69 Å². The molecular formula is C22H24ClN3O4S2. The van der Waals surface area contributed by atoms with Crippen LogP contribution in [0.25, 0.3) is 10.6 Å². The van der Waals surface area contributed by atoms with E-state index in [1.54, 1.807) is 49.8 Å². The van der Waals surface area contributed by atoms with Crippen LogP contribution < -0.4 is 9.47 Å². The Kier molecular flexibility index (Phi) is 7.02. The molecule has 0 saturated carbocycles. The van der Waals surface area contributed by atoms with Crippen LogP contribution >= 0.6 is 22.9 Å². The predicted octanol–water partition coefficient (Wildman–Crippen LogP) is 3.99. The van der Waals surface area contributed by atoms with Gasteiger partial charge in [-0.1, -0.05) is 11.6 Å².